The van der Waals surface area contributed by atoms with E-state index in [1.54, 1.807) is 23.9 Å². The van der Waals surface area contributed by atoms with Gasteiger partial charge in [-0.05, 0) is 68.1 Å². The standard InChI is InChI=1S/C16H18BrNO2S2/c1-4-18(13-5-10-16(17)12(2)11-13)22(19,20)15-8-6-14(21-3)7-9-15/h5-11H,4H2,1-3H3. The summed E-state index contributed by atoms with van der Waals surface area (Å²) in [7, 11) is -3.55. The Bertz CT molecular complexity index is 758. The van der Waals surface area contributed by atoms with Crippen molar-refractivity contribution in [3.63, 3.8) is 0 Å². The molecule has 0 fully saturated rings. The number of aryl methyl sites for hydroxylation is 1. The fraction of sp³-hybridized carbons (Fsp3) is 0.250. The lowest BCUT2D eigenvalue weighted by Crippen LogP contribution is -2.30. The highest BCUT2D eigenvalue weighted by molar-refractivity contribution is 9.10. The number of hydrogen-bond donors (Lipinski definition) is 0. The van der Waals surface area contributed by atoms with Crippen molar-refractivity contribution in [1.29, 1.82) is 0 Å². The van der Waals surface area contributed by atoms with Gasteiger partial charge in [0.2, 0.25) is 0 Å². The number of sulfonamides is 1. The number of benzene rings is 2. The molecule has 2 aromatic rings. The lowest BCUT2D eigenvalue weighted by Gasteiger charge is -2.23. The van der Waals surface area contributed by atoms with Gasteiger partial charge in [0.1, 0.15) is 0 Å². The molecule has 2 aromatic carbocycles. The maximum absolute atomic E-state index is 12.9. The fourth-order valence-corrected chi connectivity index (χ4v) is 4.27. The lowest BCUT2D eigenvalue weighted by atomic mass is 10.2. The Morgan fingerprint density at radius 1 is 1.14 bits per heavy atom. The van der Waals surface area contributed by atoms with Crippen LogP contribution < -0.4 is 4.31 Å². The van der Waals surface area contributed by atoms with E-state index in [2.05, 4.69) is 15.9 Å². The molecule has 0 radical (unpaired) electrons. The Balaban J connectivity index is 2.45. The Hall–Kier alpha value is -0.980. The Morgan fingerprint density at radius 3 is 2.27 bits per heavy atom. The normalized spacial score (nSPS) is 11.5. The molecule has 0 heterocycles. The number of thioether (sulfide) groups is 1. The third-order valence-electron chi connectivity index (χ3n) is 3.36. The zero-order chi connectivity index (χ0) is 16.3. The quantitative estimate of drug-likeness (QED) is 0.683. The van der Waals surface area contributed by atoms with Crippen molar-refractivity contribution >= 4 is 43.4 Å². The van der Waals surface area contributed by atoms with E-state index in [9.17, 15) is 8.42 Å². The molecule has 0 aliphatic carbocycles. The first-order valence-corrected chi connectivity index (χ1v) is 10.3. The summed E-state index contributed by atoms with van der Waals surface area (Å²) in [5.41, 5.74) is 1.68. The van der Waals surface area contributed by atoms with Gasteiger partial charge >= 0.3 is 0 Å². The molecule has 0 unspecified atom stereocenters. The van der Waals surface area contributed by atoms with Crippen molar-refractivity contribution in [3.8, 4) is 0 Å². The van der Waals surface area contributed by atoms with Crippen LogP contribution in [-0.2, 0) is 10.0 Å². The molecule has 118 valence electrons. The SMILES string of the molecule is CCN(c1ccc(Br)c(C)c1)S(=O)(=O)c1ccc(SC)cc1. The second-order valence-corrected chi connectivity index (χ2v) is 8.38. The van der Waals surface area contributed by atoms with Crippen molar-refractivity contribution in [2.24, 2.45) is 0 Å². The number of rotatable bonds is 5. The first kappa shape index (κ1) is 17.4. The van der Waals surface area contributed by atoms with Crippen LogP contribution in [0.1, 0.15) is 12.5 Å². The van der Waals surface area contributed by atoms with Gasteiger partial charge in [0.05, 0.1) is 10.6 Å². The Kier molecular flexibility index (Phi) is 5.58. The molecule has 0 aliphatic rings. The molecule has 0 saturated heterocycles. The number of nitrogens with zero attached hydrogens (tertiary/aromatic N) is 1. The summed E-state index contributed by atoms with van der Waals surface area (Å²) in [6, 6.07) is 12.6. The molecule has 2 rings (SSSR count). The molecule has 22 heavy (non-hydrogen) atoms. The lowest BCUT2D eigenvalue weighted by molar-refractivity contribution is 0.592. The smallest absolute Gasteiger partial charge is 0.264 e. The van der Waals surface area contributed by atoms with E-state index >= 15 is 0 Å². The van der Waals surface area contributed by atoms with Crippen molar-refractivity contribution in [2.75, 3.05) is 17.1 Å². The highest BCUT2D eigenvalue weighted by atomic mass is 79.9. The van der Waals surface area contributed by atoms with Gasteiger partial charge < -0.3 is 0 Å². The van der Waals surface area contributed by atoms with Gasteiger partial charge in [-0.3, -0.25) is 4.31 Å². The molecular weight excluding hydrogens is 382 g/mol. The summed E-state index contributed by atoms with van der Waals surface area (Å²) in [4.78, 5) is 1.36. The topological polar surface area (TPSA) is 37.4 Å². The summed E-state index contributed by atoms with van der Waals surface area (Å²) < 4.78 is 28.1. The molecule has 0 atom stereocenters. The molecule has 0 amide bonds. The molecule has 6 heteroatoms. The van der Waals surface area contributed by atoms with E-state index in [0.29, 0.717) is 17.1 Å². The summed E-state index contributed by atoms with van der Waals surface area (Å²) in [6.45, 7) is 4.17. The van der Waals surface area contributed by atoms with Crippen molar-refractivity contribution in [1.82, 2.24) is 0 Å². The second kappa shape index (κ2) is 7.06. The van der Waals surface area contributed by atoms with Crippen LogP contribution in [0.4, 0.5) is 5.69 Å². The average Bonchev–Trinajstić information content (AvgIpc) is 2.51. The maximum atomic E-state index is 12.9. The summed E-state index contributed by atoms with van der Waals surface area (Å²) in [5, 5.41) is 0. The van der Waals surface area contributed by atoms with E-state index in [4.69, 9.17) is 0 Å². The molecule has 0 bridgehead atoms. The second-order valence-electron chi connectivity index (χ2n) is 4.78. The third kappa shape index (κ3) is 3.50. The van der Waals surface area contributed by atoms with E-state index in [1.165, 1.54) is 4.31 Å². The third-order valence-corrected chi connectivity index (χ3v) is 6.91. The first-order chi connectivity index (χ1) is 10.4. The zero-order valence-corrected chi connectivity index (χ0v) is 15.9. The summed E-state index contributed by atoms with van der Waals surface area (Å²) >= 11 is 5.03. The van der Waals surface area contributed by atoms with Gasteiger partial charge in [-0.15, -0.1) is 11.8 Å². The highest BCUT2D eigenvalue weighted by Crippen LogP contribution is 2.28. The molecule has 0 aromatic heterocycles. The Morgan fingerprint density at radius 2 is 1.77 bits per heavy atom. The van der Waals surface area contributed by atoms with Crippen molar-refractivity contribution < 1.29 is 8.42 Å². The molecule has 0 N–H and O–H groups in total. The monoisotopic (exact) mass is 399 g/mol. The van der Waals surface area contributed by atoms with Gasteiger partial charge in [0, 0.05) is 15.9 Å². The van der Waals surface area contributed by atoms with Crippen LogP contribution in [0.5, 0.6) is 0 Å². The average molecular weight is 400 g/mol. The number of halogens is 1. The predicted octanol–water partition coefficient (Wildman–Crippen LogP) is 4.69. The Labute approximate surface area is 144 Å². The molecule has 0 aliphatic heterocycles. The minimum Gasteiger partial charge on any atom is -0.267 e. The van der Waals surface area contributed by atoms with Crippen LogP contribution in [0.15, 0.2) is 56.7 Å². The van der Waals surface area contributed by atoms with Crippen molar-refractivity contribution in [2.45, 2.75) is 23.6 Å². The number of anilines is 1. The van der Waals surface area contributed by atoms with Crippen LogP contribution in [0.3, 0.4) is 0 Å². The van der Waals surface area contributed by atoms with E-state index in [0.717, 1.165) is 14.9 Å². The molecule has 0 spiro atoms. The van der Waals surface area contributed by atoms with E-state index < -0.39 is 10.0 Å². The summed E-state index contributed by atoms with van der Waals surface area (Å²) in [5.74, 6) is 0. The van der Waals surface area contributed by atoms with E-state index in [-0.39, 0.29) is 0 Å². The number of hydrogen-bond acceptors (Lipinski definition) is 3. The summed E-state index contributed by atoms with van der Waals surface area (Å²) in [6.07, 6.45) is 1.96. The molecule has 0 saturated carbocycles. The minimum atomic E-state index is -3.55. The maximum Gasteiger partial charge on any atom is 0.264 e. The van der Waals surface area contributed by atoms with Crippen molar-refractivity contribution in [3.05, 3.63) is 52.5 Å². The van der Waals surface area contributed by atoms with Crippen LogP contribution >= 0.6 is 27.7 Å². The molecule has 3 nitrogen and oxygen atoms in total. The van der Waals surface area contributed by atoms with Gasteiger partial charge in [-0.1, -0.05) is 15.9 Å². The largest absolute Gasteiger partial charge is 0.267 e. The predicted molar refractivity (Wildman–Crippen MR) is 97.3 cm³/mol. The van der Waals surface area contributed by atoms with Gasteiger partial charge in [-0.25, -0.2) is 8.42 Å². The van der Waals surface area contributed by atoms with Crippen LogP contribution in [0, 0.1) is 6.92 Å². The highest BCUT2D eigenvalue weighted by Gasteiger charge is 2.23. The molecular formula is C16H18BrNO2S2. The van der Waals surface area contributed by atoms with Gasteiger partial charge in [0.15, 0.2) is 0 Å². The minimum absolute atomic E-state index is 0.313. The fourth-order valence-electron chi connectivity index (χ4n) is 2.15. The van der Waals surface area contributed by atoms with Crippen LogP contribution in [-0.4, -0.2) is 21.2 Å². The van der Waals surface area contributed by atoms with Gasteiger partial charge in [-0.2, -0.15) is 0 Å². The first-order valence-electron chi connectivity index (χ1n) is 6.83. The zero-order valence-electron chi connectivity index (χ0n) is 12.7. The van der Waals surface area contributed by atoms with Crippen LogP contribution in [0.25, 0.3) is 0 Å². The van der Waals surface area contributed by atoms with Gasteiger partial charge in [0.25, 0.3) is 10.0 Å². The van der Waals surface area contributed by atoms with E-state index in [1.807, 2.05) is 50.4 Å². The van der Waals surface area contributed by atoms with Crippen LogP contribution in [0.2, 0.25) is 0 Å².